The fraction of sp³-hybridized carbons (Fsp3) is 0.182. The van der Waals surface area contributed by atoms with Crippen LogP contribution >= 0.6 is 32.6 Å². The molecule has 7 heteroatoms. The van der Waals surface area contributed by atoms with E-state index in [1.807, 2.05) is 31.4 Å². The SMILES string of the molecule is CN1C=CN(C)C(N=Nc2ccc(N)cc2Cl)=I1. The van der Waals surface area contributed by atoms with E-state index in [4.69, 9.17) is 17.3 Å². The molecule has 1 aliphatic rings. The summed E-state index contributed by atoms with van der Waals surface area (Å²) in [5.41, 5.74) is 6.88. The number of rotatable bonds is 2. The molecular formula is C11H13ClIN5. The molecule has 2 rings (SSSR count). The first-order valence-electron chi connectivity index (χ1n) is 5.19. The molecule has 0 radical (unpaired) electrons. The summed E-state index contributed by atoms with van der Waals surface area (Å²) in [6.07, 6.45) is 3.99. The van der Waals surface area contributed by atoms with Gasteiger partial charge in [0.15, 0.2) is 0 Å². The van der Waals surface area contributed by atoms with Gasteiger partial charge in [0, 0.05) is 32.2 Å². The second-order valence-electron chi connectivity index (χ2n) is 3.70. The molecule has 96 valence electrons. The smallest absolute Gasteiger partial charge is 0.203 e. The highest BCUT2D eigenvalue weighted by molar-refractivity contribution is 14.2. The standard InChI is InChI=1S/C11H13ClIN5/c1-17-5-6-18(2)13-11(17)16-15-10-4-3-8(14)7-9(10)12/h3-7H,14H2,1-2H3. The van der Waals surface area contributed by atoms with Crippen molar-refractivity contribution < 1.29 is 0 Å². The highest BCUT2D eigenvalue weighted by Crippen LogP contribution is 2.27. The summed E-state index contributed by atoms with van der Waals surface area (Å²) in [6.45, 7) is 0. The van der Waals surface area contributed by atoms with Crippen LogP contribution in [0, 0.1) is 0 Å². The lowest BCUT2D eigenvalue weighted by molar-refractivity contribution is 0.663. The van der Waals surface area contributed by atoms with Crippen molar-refractivity contribution in [1.82, 2.24) is 8.01 Å². The minimum Gasteiger partial charge on any atom is -0.399 e. The highest BCUT2D eigenvalue weighted by Gasteiger charge is 2.08. The van der Waals surface area contributed by atoms with Crippen LogP contribution in [0.25, 0.3) is 0 Å². The molecule has 0 aromatic heterocycles. The van der Waals surface area contributed by atoms with Crippen LogP contribution < -0.4 is 5.73 Å². The van der Waals surface area contributed by atoms with Crippen molar-refractivity contribution in [2.45, 2.75) is 0 Å². The van der Waals surface area contributed by atoms with Crippen LogP contribution in [0.5, 0.6) is 0 Å². The molecule has 1 aromatic carbocycles. The Labute approximate surface area is 121 Å². The third-order valence-electron chi connectivity index (χ3n) is 2.21. The van der Waals surface area contributed by atoms with E-state index in [1.54, 1.807) is 18.2 Å². The summed E-state index contributed by atoms with van der Waals surface area (Å²) in [5.74, 6) is 0. The molecule has 18 heavy (non-hydrogen) atoms. The van der Waals surface area contributed by atoms with Gasteiger partial charge in [-0.3, -0.25) is 0 Å². The van der Waals surface area contributed by atoms with Crippen LogP contribution in [0.2, 0.25) is 5.02 Å². The van der Waals surface area contributed by atoms with Crippen molar-refractivity contribution in [3.05, 3.63) is 35.6 Å². The quantitative estimate of drug-likeness (QED) is 0.372. The minimum absolute atomic E-state index is 0.308. The Morgan fingerprint density at radius 1 is 1.22 bits per heavy atom. The van der Waals surface area contributed by atoms with Crippen molar-refractivity contribution in [2.24, 2.45) is 10.2 Å². The maximum atomic E-state index is 6.04. The molecule has 1 aliphatic heterocycles. The van der Waals surface area contributed by atoms with E-state index in [0.717, 1.165) is 3.76 Å². The van der Waals surface area contributed by atoms with Crippen molar-refractivity contribution in [3.8, 4) is 0 Å². The number of hydrogen-bond donors (Lipinski definition) is 1. The predicted molar refractivity (Wildman–Crippen MR) is 84.1 cm³/mol. The van der Waals surface area contributed by atoms with Gasteiger partial charge in [0.2, 0.25) is 3.76 Å². The Balaban J connectivity index is 2.20. The monoisotopic (exact) mass is 377 g/mol. The van der Waals surface area contributed by atoms with Crippen molar-refractivity contribution >= 4 is 47.7 Å². The lowest BCUT2D eigenvalue weighted by atomic mass is 10.3. The summed E-state index contributed by atoms with van der Waals surface area (Å²) in [5, 5.41) is 8.97. The van der Waals surface area contributed by atoms with E-state index < -0.39 is 0 Å². The Kier molecular flexibility index (Phi) is 4.18. The third-order valence-corrected chi connectivity index (χ3v) is 5.00. The molecule has 2 N–H and O–H groups in total. The lowest BCUT2D eigenvalue weighted by Crippen LogP contribution is -2.21. The maximum Gasteiger partial charge on any atom is 0.203 e. The zero-order valence-electron chi connectivity index (χ0n) is 10.0. The molecule has 1 aromatic rings. The van der Waals surface area contributed by atoms with Gasteiger partial charge >= 0.3 is 0 Å². The van der Waals surface area contributed by atoms with Crippen LogP contribution in [-0.2, 0) is 0 Å². The van der Waals surface area contributed by atoms with Gasteiger partial charge in [-0.05, 0) is 18.2 Å². The van der Waals surface area contributed by atoms with Gasteiger partial charge in [0.25, 0.3) is 0 Å². The second-order valence-corrected chi connectivity index (χ2v) is 7.07. The number of nitrogen functional groups attached to an aromatic ring is 1. The minimum atomic E-state index is -0.308. The van der Waals surface area contributed by atoms with E-state index in [-0.39, 0.29) is 21.0 Å². The number of hydrogen-bond acceptors (Lipinski definition) is 5. The predicted octanol–water partition coefficient (Wildman–Crippen LogP) is 3.33. The molecule has 0 saturated heterocycles. The normalized spacial score (nSPS) is 15.8. The van der Waals surface area contributed by atoms with Crippen LogP contribution in [0.15, 0.2) is 40.8 Å². The second kappa shape index (κ2) is 5.66. The molecule has 0 spiro atoms. The van der Waals surface area contributed by atoms with E-state index in [1.165, 1.54) is 0 Å². The van der Waals surface area contributed by atoms with E-state index in [0.29, 0.717) is 16.4 Å². The highest BCUT2D eigenvalue weighted by atomic mass is 127. The van der Waals surface area contributed by atoms with Gasteiger partial charge in [-0.2, -0.15) is 0 Å². The molecule has 0 aliphatic carbocycles. The molecule has 0 bridgehead atoms. The van der Waals surface area contributed by atoms with Crippen LogP contribution in [-0.4, -0.2) is 25.9 Å². The molecular weight excluding hydrogens is 365 g/mol. The van der Waals surface area contributed by atoms with Crippen molar-refractivity contribution in [1.29, 1.82) is 0 Å². The van der Waals surface area contributed by atoms with Crippen LogP contribution in [0.1, 0.15) is 0 Å². The molecule has 1 heterocycles. The first-order valence-corrected chi connectivity index (χ1v) is 7.61. The van der Waals surface area contributed by atoms with E-state index >= 15 is 0 Å². The fourth-order valence-corrected chi connectivity index (χ4v) is 3.16. The van der Waals surface area contributed by atoms with Crippen molar-refractivity contribution in [3.63, 3.8) is 0 Å². The summed E-state index contributed by atoms with van der Waals surface area (Å²) in [7, 11) is 3.99. The zero-order valence-corrected chi connectivity index (χ0v) is 12.9. The third kappa shape index (κ3) is 3.20. The van der Waals surface area contributed by atoms with Gasteiger partial charge in [-0.15, -0.1) is 10.2 Å². The van der Waals surface area contributed by atoms with Crippen molar-refractivity contribution in [2.75, 3.05) is 19.8 Å². The summed E-state index contributed by atoms with van der Waals surface area (Å²) in [6, 6.07) is 5.20. The average molecular weight is 378 g/mol. The molecule has 0 unspecified atom stereocenters. The number of anilines is 1. The number of halogens is 2. The Morgan fingerprint density at radius 3 is 2.72 bits per heavy atom. The molecule has 0 fully saturated rings. The molecule has 0 atom stereocenters. The summed E-state index contributed by atoms with van der Waals surface area (Å²) < 4.78 is 3.10. The number of benzene rings is 1. The van der Waals surface area contributed by atoms with Crippen LogP contribution in [0.3, 0.4) is 0 Å². The summed E-state index contributed by atoms with van der Waals surface area (Å²) >= 11 is 5.73. The maximum absolute atomic E-state index is 6.04. The van der Waals surface area contributed by atoms with Gasteiger partial charge < -0.3 is 13.7 Å². The fourth-order valence-electron chi connectivity index (χ4n) is 1.25. The van der Waals surface area contributed by atoms with Gasteiger partial charge in [-0.25, -0.2) is 0 Å². The Bertz CT molecular complexity index is 540. The molecule has 5 nitrogen and oxygen atoms in total. The van der Waals surface area contributed by atoms with Gasteiger partial charge in [0.05, 0.1) is 26.0 Å². The molecule has 0 amide bonds. The number of azo groups is 1. The Hall–Kier alpha value is -1.15. The largest absolute Gasteiger partial charge is 0.399 e. The first kappa shape index (κ1) is 13.3. The molecule has 0 saturated carbocycles. The zero-order chi connectivity index (χ0) is 13.1. The van der Waals surface area contributed by atoms with E-state index in [2.05, 4.69) is 13.3 Å². The summed E-state index contributed by atoms with van der Waals surface area (Å²) in [4.78, 5) is 1.97. The van der Waals surface area contributed by atoms with Crippen LogP contribution in [0.4, 0.5) is 11.4 Å². The lowest BCUT2D eigenvalue weighted by Gasteiger charge is -2.20. The number of nitrogens with two attached hydrogens (primary N) is 1. The first-order chi connectivity index (χ1) is 8.56. The van der Waals surface area contributed by atoms with Gasteiger partial charge in [0.1, 0.15) is 5.69 Å². The van der Waals surface area contributed by atoms with Gasteiger partial charge in [-0.1, -0.05) is 11.6 Å². The Morgan fingerprint density at radius 2 is 2.00 bits per heavy atom. The average Bonchev–Trinajstić information content (AvgIpc) is 2.32. The number of nitrogens with zero attached hydrogens (tertiary/aromatic N) is 4. The van der Waals surface area contributed by atoms with E-state index in [9.17, 15) is 0 Å². The topological polar surface area (TPSA) is 57.2 Å².